The summed E-state index contributed by atoms with van der Waals surface area (Å²) in [6, 6.07) is 0. The Morgan fingerprint density at radius 3 is 2.77 bits per heavy atom. The Morgan fingerprint density at radius 2 is 2.23 bits per heavy atom. The molecule has 0 aromatic rings. The minimum Gasteiger partial charge on any atom is -0.463 e. The van der Waals surface area contributed by atoms with E-state index in [0.717, 1.165) is 0 Å². The first kappa shape index (κ1) is 10.4. The Bertz CT molecular complexity index is 171. The zero-order valence-electron chi connectivity index (χ0n) is 7.21. The second-order valence-corrected chi connectivity index (χ2v) is 2.74. The summed E-state index contributed by atoms with van der Waals surface area (Å²) in [6.07, 6.45) is 0.170. The van der Waals surface area contributed by atoms with Gasteiger partial charge >= 0.3 is 5.97 Å². The topological polar surface area (TPSA) is 76.0 Å². The highest BCUT2D eigenvalue weighted by atomic mass is 16.6. The Labute approximate surface area is 76.3 Å². The third-order valence-electron chi connectivity index (χ3n) is 1.54. The van der Waals surface area contributed by atoms with Crippen LogP contribution in [0.2, 0.25) is 0 Å². The molecule has 2 N–H and O–H groups in total. The van der Waals surface area contributed by atoms with Crippen LogP contribution in [-0.2, 0) is 14.3 Å². The molecule has 74 valence electrons. The maximum Gasteiger partial charge on any atom is 0.302 e. The molecule has 0 amide bonds. The molecule has 0 aromatic heterocycles. The predicted molar refractivity (Wildman–Crippen MR) is 42.1 cm³/mol. The molecule has 1 aliphatic rings. The molecule has 5 nitrogen and oxygen atoms in total. The Morgan fingerprint density at radius 1 is 1.54 bits per heavy atom. The summed E-state index contributed by atoms with van der Waals surface area (Å²) in [5.41, 5.74) is 0. The number of hydrogen-bond donors (Lipinski definition) is 2. The molecule has 0 aromatic carbocycles. The standard InChI is InChI=1S/C8H12O5/c1-5(9)12-4-7-2-6(10)3-8(11)13-7/h2-3,6-8,10-11H,4H2,1H3/t6-,7+,8?/m0/s1. The van der Waals surface area contributed by atoms with E-state index in [1.54, 1.807) is 0 Å². The average molecular weight is 188 g/mol. The number of rotatable bonds is 2. The fourth-order valence-electron chi connectivity index (χ4n) is 1.02. The van der Waals surface area contributed by atoms with Crippen molar-refractivity contribution in [2.24, 2.45) is 0 Å². The second kappa shape index (κ2) is 4.55. The molecule has 13 heavy (non-hydrogen) atoms. The van der Waals surface area contributed by atoms with E-state index >= 15 is 0 Å². The minimum absolute atomic E-state index is 0.0112. The van der Waals surface area contributed by atoms with Gasteiger partial charge in [-0.05, 0) is 0 Å². The van der Waals surface area contributed by atoms with Gasteiger partial charge in [0.25, 0.3) is 0 Å². The lowest BCUT2D eigenvalue weighted by molar-refractivity contribution is -0.164. The SMILES string of the molecule is CC(=O)OC[C@H]1[CH][C@H](O)[CH]C(O)O1. The fourth-order valence-corrected chi connectivity index (χ4v) is 1.02. The van der Waals surface area contributed by atoms with Crippen LogP contribution in [0.15, 0.2) is 0 Å². The summed E-state index contributed by atoms with van der Waals surface area (Å²) in [6.45, 7) is 1.29. The van der Waals surface area contributed by atoms with Crippen LogP contribution in [0.1, 0.15) is 6.92 Å². The number of esters is 1. The van der Waals surface area contributed by atoms with Gasteiger partial charge in [-0.15, -0.1) is 0 Å². The van der Waals surface area contributed by atoms with E-state index in [1.165, 1.54) is 19.8 Å². The van der Waals surface area contributed by atoms with Crippen molar-refractivity contribution in [3.05, 3.63) is 12.8 Å². The third-order valence-corrected chi connectivity index (χ3v) is 1.54. The molecule has 3 atom stereocenters. The van der Waals surface area contributed by atoms with Crippen LogP contribution in [-0.4, -0.2) is 41.3 Å². The van der Waals surface area contributed by atoms with Crippen molar-refractivity contribution in [3.8, 4) is 0 Å². The summed E-state index contributed by atoms with van der Waals surface area (Å²) >= 11 is 0. The van der Waals surface area contributed by atoms with E-state index in [-0.39, 0.29) is 6.61 Å². The van der Waals surface area contributed by atoms with Crippen molar-refractivity contribution in [3.63, 3.8) is 0 Å². The normalized spacial score (nSPS) is 34.2. The second-order valence-electron chi connectivity index (χ2n) is 2.74. The van der Waals surface area contributed by atoms with Gasteiger partial charge in [-0.25, -0.2) is 0 Å². The van der Waals surface area contributed by atoms with Crippen LogP contribution in [0.5, 0.6) is 0 Å². The van der Waals surface area contributed by atoms with Gasteiger partial charge in [0.05, 0.1) is 6.10 Å². The van der Waals surface area contributed by atoms with Gasteiger partial charge in [0, 0.05) is 19.8 Å². The molecule has 0 spiro atoms. The first-order chi connectivity index (χ1) is 6.08. The van der Waals surface area contributed by atoms with E-state index in [1.807, 2.05) is 0 Å². The van der Waals surface area contributed by atoms with Gasteiger partial charge in [-0.1, -0.05) is 0 Å². The summed E-state index contributed by atoms with van der Waals surface area (Å²) in [5, 5.41) is 18.1. The average Bonchev–Trinajstić information content (AvgIpc) is 1.99. The number of aliphatic hydroxyl groups excluding tert-OH is 2. The van der Waals surface area contributed by atoms with Crippen molar-refractivity contribution in [2.45, 2.75) is 25.4 Å². The molecular weight excluding hydrogens is 176 g/mol. The smallest absolute Gasteiger partial charge is 0.302 e. The summed E-state index contributed by atoms with van der Waals surface area (Å²) in [4.78, 5) is 10.4. The molecule has 2 radical (unpaired) electrons. The van der Waals surface area contributed by atoms with Gasteiger partial charge in [0.2, 0.25) is 0 Å². The zero-order chi connectivity index (χ0) is 9.84. The zero-order valence-corrected chi connectivity index (χ0v) is 7.21. The van der Waals surface area contributed by atoms with Gasteiger partial charge in [-0.2, -0.15) is 0 Å². The lowest BCUT2D eigenvalue weighted by Gasteiger charge is -2.28. The van der Waals surface area contributed by atoms with Crippen LogP contribution < -0.4 is 0 Å². The van der Waals surface area contributed by atoms with E-state index in [9.17, 15) is 4.79 Å². The highest BCUT2D eigenvalue weighted by Crippen LogP contribution is 2.16. The van der Waals surface area contributed by atoms with Crippen molar-refractivity contribution in [1.29, 1.82) is 0 Å². The lowest BCUT2D eigenvalue weighted by Crippen LogP contribution is -2.39. The molecular formula is C8H12O5. The van der Waals surface area contributed by atoms with Crippen molar-refractivity contribution >= 4 is 5.97 Å². The maximum atomic E-state index is 10.4. The summed E-state index contributed by atoms with van der Waals surface area (Å²) < 4.78 is 9.56. The highest BCUT2D eigenvalue weighted by Gasteiger charge is 2.28. The Hall–Kier alpha value is -0.650. The first-order valence-corrected chi connectivity index (χ1v) is 3.93. The monoisotopic (exact) mass is 188 g/mol. The van der Waals surface area contributed by atoms with Crippen molar-refractivity contribution in [2.75, 3.05) is 6.61 Å². The van der Waals surface area contributed by atoms with Crippen LogP contribution >= 0.6 is 0 Å². The molecule has 1 heterocycles. The molecule has 5 heteroatoms. The van der Waals surface area contributed by atoms with E-state index in [0.29, 0.717) is 0 Å². The van der Waals surface area contributed by atoms with Gasteiger partial charge in [-0.3, -0.25) is 4.79 Å². The van der Waals surface area contributed by atoms with Crippen LogP contribution in [0.25, 0.3) is 0 Å². The van der Waals surface area contributed by atoms with E-state index in [2.05, 4.69) is 4.74 Å². The molecule has 0 aliphatic carbocycles. The number of carbonyl (C=O) groups is 1. The Kier molecular flexibility index (Phi) is 3.65. The number of ether oxygens (including phenoxy) is 2. The number of carbonyl (C=O) groups excluding carboxylic acids is 1. The quantitative estimate of drug-likeness (QED) is 0.546. The first-order valence-electron chi connectivity index (χ1n) is 3.93. The van der Waals surface area contributed by atoms with E-state index < -0.39 is 24.5 Å². The molecule has 1 rings (SSSR count). The fraction of sp³-hybridized carbons (Fsp3) is 0.625. The van der Waals surface area contributed by atoms with Crippen LogP contribution in [0.4, 0.5) is 0 Å². The Balaban J connectivity index is 2.28. The highest BCUT2D eigenvalue weighted by molar-refractivity contribution is 5.65. The van der Waals surface area contributed by atoms with Gasteiger partial charge in [0.15, 0.2) is 6.29 Å². The molecule has 1 aliphatic heterocycles. The number of hydrogen-bond acceptors (Lipinski definition) is 5. The number of aliphatic hydroxyl groups is 2. The van der Waals surface area contributed by atoms with Crippen LogP contribution in [0.3, 0.4) is 0 Å². The predicted octanol–water partition coefficient (Wildman–Crippen LogP) is -0.964. The van der Waals surface area contributed by atoms with Gasteiger partial charge < -0.3 is 19.7 Å². The molecule has 1 fully saturated rings. The third kappa shape index (κ3) is 3.71. The summed E-state index contributed by atoms with van der Waals surface area (Å²) in [7, 11) is 0. The minimum atomic E-state index is -1.11. The molecule has 0 saturated carbocycles. The van der Waals surface area contributed by atoms with Crippen LogP contribution in [0, 0.1) is 12.8 Å². The van der Waals surface area contributed by atoms with E-state index in [4.69, 9.17) is 14.9 Å². The molecule has 0 bridgehead atoms. The summed E-state index contributed by atoms with van der Waals surface area (Å²) in [5.74, 6) is -0.421. The van der Waals surface area contributed by atoms with Gasteiger partial charge in [0.1, 0.15) is 12.7 Å². The largest absolute Gasteiger partial charge is 0.463 e. The lowest BCUT2D eigenvalue weighted by atomic mass is 10.1. The van der Waals surface area contributed by atoms with Crippen molar-refractivity contribution < 1.29 is 24.5 Å². The maximum absolute atomic E-state index is 10.4. The van der Waals surface area contributed by atoms with Crippen molar-refractivity contribution in [1.82, 2.24) is 0 Å². The molecule has 1 unspecified atom stereocenters. The molecule has 1 saturated heterocycles.